The molecule has 5 rings (SSSR count). The number of ether oxygens (including phenoxy) is 1. The van der Waals surface area contributed by atoms with Crippen LogP contribution >= 0.6 is 15.9 Å². The molecule has 2 N–H and O–H groups in total. The standard InChI is InChI=1S/C21H16BrFN4O5/c1-9-11(22)5-14-12(24-9)6-15(32-14)21(19(29)25-20(30)26-21)8-27-7-10-3-4-13(31-2)17(23)16(10)18(27)28/h3-6H,7-8H2,1-2H3,(H2,25,26,29,30)/t21-/m0/s1. The van der Waals surface area contributed by atoms with Crippen LogP contribution in [0.1, 0.15) is 27.4 Å². The summed E-state index contributed by atoms with van der Waals surface area (Å²) in [6, 6.07) is 5.58. The maximum Gasteiger partial charge on any atom is 0.322 e. The quantitative estimate of drug-likeness (QED) is 0.530. The summed E-state index contributed by atoms with van der Waals surface area (Å²) in [6.07, 6.45) is 0. The van der Waals surface area contributed by atoms with Gasteiger partial charge >= 0.3 is 6.03 Å². The molecule has 4 heterocycles. The second-order valence-electron chi connectivity index (χ2n) is 7.64. The summed E-state index contributed by atoms with van der Waals surface area (Å²) in [7, 11) is 1.31. The highest BCUT2D eigenvalue weighted by atomic mass is 79.9. The number of methoxy groups -OCH3 is 1. The molecular weight excluding hydrogens is 487 g/mol. The molecule has 4 amide bonds. The molecule has 32 heavy (non-hydrogen) atoms. The molecule has 164 valence electrons. The van der Waals surface area contributed by atoms with Crippen LogP contribution in [0.5, 0.6) is 5.75 Å². The van der Waals surface area contributed by atoms with Gasteiger partial charge in [0.2, 0.25) is 0 Å². The highest BCUT2D eigenvalue weighted by molar-refractivity contribution is 9.10. The van der Waals surface area contributed by atoms with Gasteiger partial charge in [0.15, 0.2) is 22.7 Å². The lowest BCUT2D eigenvalue weighted by molar-refractivity contribution is -0.125. The Balaban J connectivity index is 1.57. The topological polar surface area (TPSA) is 114 Å². The number of aryl methyl sites for hydroxylation is 1. The van der Waals surface area contributed by atoms with Crippen LogP contribution in [-0.2, 0) is 16.9 Å². The van der Waals surface area contributed by atoms with E-state index in [-0.39, 0.29) is 30.2 Å². The van der Waals surface area contributed by atoms with Crippen molar-refractivity contribution < 1.29 is 27.9 Å². The first-order valence-corrected chi connectivity index (χ1v) is 10.4. The number of imide groups is 1. The van der Waals surface area contributed by atoms with Crippen molar-refractivity contribution in [3.05, 3.63) is 57.1 Å². The van der Waals surface area contributed by atoms with Crippen molar-refractivity contribution in [3.8, 4) is 5.75 Å². The number of halogens is 2. The number of carbonyl (C=O) groups is 3. The largest absolute Gasteiger partial charge is 0.494 e. The zero-order valence-corrected chi connectivity index (χ0v) is 18.5. The number of pyridine rings is 1. The van der Waals surface area contributed by atoms with Gasteiger partial charge in [-0.15, -0.1) is 0 Å². The van der Waals surface area contributed by atoms with Gasteiger partial charge in [0, 0.05) is 17.1 Å². The van der Waals surface area contributed by atoms with Gasteiger partial charge in [0.05, 0.1) is 24.9 Å². The van der Waals surface area contributed by atoms with Gasteiger partial charge in [-0.2, -0.15) is 0 Å². The molecule has 0 spiro atoms. The van der Waals surface area contributed by atoms with E-state index in [1.54, 1.807) is 25.1 Å². The van der Waals surface area contributed by atoms with Gasteiger partial charge < -0.3 is 19.4 Å². The molecule has 0 radical (unpaired) electrons. The van der Waals surface area contributed by atoms with E-state index in [4.69, 9.17) is 9.15 Å². The molecule has 11 heteroatoms. The third-order valence-electron chi connectivity index (χ3n) is 5.70. The van der Waals surface area contributed by atoms with Crippen LogP contribution in [0.15, 0.2) is 33.2 Å². The molecule has 0 unspecified atom stereocenters. The fourth-order valence-corrected chi connectivity index (χ4v) is 4.37. The van der Waals surface area contributed by atoms with Crippen LogP contribution in [0.3, 0.4) is 0 Å². The Bertz CT molecular complexity index is 1300. The predicted octanol–water partition coefficient (Wildman–Crippen LogP) is 2.74. The van der Waals surface area contributed by atoms with Crippen molar-refractivity contribution in [2.75, 3.05) is 13.7 Å². The average Bonchev–Trinajstić information content (AvgIpc) is 3.38. The van der Waals surface area contributed by atoms with Crippen LogP contribution in [0.4, 0.5) is 9.18 Å². The van der Waals surface area contributed by atoms with Crippen molar-refractivity contribution in [1.29, 1.82) is 0 Å². The number of amides is 4. The van der Waals surface area contributed by atoms with E-state index in [0.717, 1.165) is 4.47 Å². The van der Waals surface area contributed by atoms with Gasteiger partial charge in [-0.1, -0.05) is 6.07 Å². The maximum atomic E-state index is 14.7. The Kier molecular flexibility index (Phi) is 4.48. The van der Waals surface area contributed by atoms with E-state index in [2.05, 4.69) is 31.5 Å². The molecule has 1 fully saturated rings. The number of nitrogens with zero attached hydrogens (tertiary/aromatic N) is 2. The number of carbonyl (C=O) groups excluding carboxylic acids is 3. The SMILES string of the molecule is COc1ccc2c(c1F)C(=O)N(C[C@@]1(c3cc4nc(C)c(Br)cc4o3)NC(=O)NC1=O)C2. The van der Waals surface area contributed by atoms with Crippen LogP contribution in [-0.4, -0.2) is 41.4 Å². The normalized spacial score (nSPS) is 20.0. The summed E-state index contributed by atoms with van der Waals surface area (Å²) in [4.78, 5) is 43.8. The number of aromatic nitrogens is 1. The molecule has 0 saturated carbocycles. The van der Waals surface area contributed by atoms with Gasteiger partial charge in [0.25, 0.3) is 11.8 Å². The van der Waals surface area contributed by atoms with Crippen molar-refractivity contribution in [2.24, 2.45) is 0 Å². The first-order chi connectivity index (χ1) is 15.2. The lowest BCUT2D eigenvalue weighted by Crippen LogP contribution is -2.52. The molecular formula is C21H16BrFN4O5. The molecule has 2 aliphatic heterocycles. The molecule has 1 saturated heterocycles. The zero-order valence-electron chi connectivity index (χ0n) is 16.9. The minimum absolute atomic E-state index is 0.0510. The number of fused-ring (bicyclic) bond motifs is 2. The summed E-state index contributed by atoms with van der Waals surface area (Å²) < 4.78 is 26.3. The van der Waals surface area contributed by atoms with Crippen LogP contribution < -0.4 is 15.4 Å². The Morgan fingerprint density at radius 2 is 2.09 bits per heavy atom. The fourth-order valence-electron chi connectivity index (χ4n) is 4.07. The first kappa shape index (κ1) is 20.4. The summed E-state index contributed by atoms with van der Waals surface area (Å²) in [6.45, 7) is 1.60. The minimum Gasteiger partial charge on any atom is -0.494 e. The van der Waals surface area contributed by atoms with Crippen LogP contribution in [0.2, 0.25) is 0 Å². The lowest BCUT2D eigenvalue weighted by Gasteiger charge is -2.28. The monoisotopic (exact) mass is 502 g/mol. The van der Waals surface area contributed by atoms with Crippen molar-refractivity contribution in [1.82, 2.24) is 20.5 Å². The first-order valence-electron chi connectivity index (χ1n) is 9.59. The second kappa shape index (κ2) is 7.02. The Morgan fingerprint density at radius 3 is 2.78 bits per heavy atom. The summed E-state index contributed by atoms with van der Waals surface area (Å²) in [5.41, 5.74) is 0.247. The average molecular weight is 503 g/mol. The lowest BCUT2D eigenvalue weighted by atomic mass is 9.95. The fraction of sp³-hybridized carbons (Fsp3) is 0.238. The van der Waals surface area contributed by atoms with Crippen LogP contribution in [0.25, 0.3) is 11.1 Å². The third kappa shape index (κ3) is 2.88. The number of hydrogen-bond acceptors (Lipinski definition) is 6. The smallest absolute Gasteiger partial charge is 0.322 e. The minimum atomic E-state index is -1.70. The molecule has 3 aromatic rings. The van der Waals surface area contributed by atoms with Crippen molar-refractivity contribution in [3.63, 3.8) is 0 Å². The maximum absolute atomic E-state index is 14.7. The summed E-state index contributed by atoms with van der Waals surface area (Å²) in [5.74, 6) is -2.00. The van der Waals surface area contributed by atoms with Gasteiger partial charge in [-0.05, 0) is 40.5 Å². The molecule has 0 bridgehead atoms. The number of benzene rings is 1. The number of urea groups is 1. The third-order valence-corrected chi connectivity index (χ3v) is 6.50. The van der Waals surface area contributed by atoms with E-state index >= 15 is 0 Å². The number of nitrogens with one attached hydrogen (secondary N) is 2. The molecule has 1 atom stereocenters. The van der Waals surface area contributed by atoms with Gasteiger partial charge in [-0.25, -0.2) is 14.2 Å². The van der Waals surface area contributed by atoms with Gasteiger partial charge in [-0.3, -0.25) is 14.9 Å². The highest BCUT2D eigenvalue weighted by Gasteiger charge is 2.53. The molecule has 1 aromatic carbocycles. The molecule has 2 aromatic heterocycles. The Labute approximate surface area is 189 Å². The second-order valence-corrected chi connectivity index (χ2v) is 8.49. The van der Waals surface area contributed by atoms with Gasteiger partial charge in [0.1, 0.15) is 11.3 Å². The molecule has 2 aliphatic rings. The molecule has 0 aliphatic carbocycles. The summed E-state index contributed by atoms with van der Waals surface area (Å²) in [5, 5.41) is 4.79. The van der Waals surface area contributed by atoms with Crippen molar-refractivity contribution in [2.45, 2.75) is 19.0 Å². The number of hydrogen-bond donors (Lipinski definition) is 2. The number of rotatable bonds is 4. The zero-order chi connectivity index (χ0) is 22.8. The molecule has 9 nitrogen and oxygen atoms in total. The van der Waals surface area contributed by atoms with E-state index < -0.39 is 29.2 Å². The van der Waals surface area contributed by atoms with E-state index in [9.17, 15) is 18.8 Å². The van der Waals surface area contributed by atoms with E-state index in [1.807, 2.05) is 0 Å². The van der Waals surface area contributed by atoms with E-state index in [0.29, 0.717) is 22.4 Å². The Hall–Kier alpha value is -3.47. The number of furan rings is 1. The van der Waals surface area contributed by atoms with Crippen LogP contribution in [0, 0.1) is 12.7 Å². The predicted molar refractivity (Wildman–Crippen MR) is 112 cm³/mol. The summed E-state index contributed by atoms with van der Waals surface area (Å²) >= 11 is 3.39. The Morgan fingerprint density at radius 1 is 1.31 bits per heavy atom. The van der Waals surface area contributed by atoms with Crippen molar-refractivity contribution >= 4 is 44.9 Å². The highest BCUT2D eigenvalue weighted by Crippen LogP contribution is 2.36. The van der Waals surface area contributed by atoms with E-state index in [1.165, 1.54) is 18.1 Å².